The zero-order valence-corrected chi connectivity index (χ0v) is 11.0. The Bertz CT molecular complexity index is 271. The summed E-state index contributed by atoms with van der Waals surface area (Å²) in [4.78, 5) is 0. The van der Waals surface area contributed by atoms with E-state index in [1.807, 2.05) is 0 Å². The van der Waals surface area contributed by atoms with E-state index < -0.39 is 0 Å². The topological polar surface area (TPSA) is 9.23 Å². The van der Waals surface area contributed by atoms with Crippen LogP contribution in [0.25, 0.3) is 0 Å². The third-order valence-electron chi connectivity index (χ3n) is 3.85. The van der Waals surface area contributed by atoms with Gasteiger partial charge in [-0.3, -0.25) is 0 Å². The van der Waals surface area contributed by atoms with Crippen molar-refractivity contribution in [1.29, 1.82) is 0 Å². The fourth-order valence-corrected chi connectivity index (χ4v) is 2.79. The second-order valence-corrected chi connectivity index (χ2v) is 5.32. The lowest BCUT2D eigenvalue weighted by atomic mass is 10.0. The molecule has 2 rings (SSSR count). The molecule has 1 nitrogen and oxygen atoms in total. The van der Waals surface area contributed by atoms with Crippen LogP contribution >= 0.6 is 0 Å². The average Bonchev–Trinajstić information content (AvgIpc) is 2.85. The van der Waals surface area contributed by atoms with Gasteiger partial charge in [-0.05, 0) is 18.8 Å². The van der Waals surface area contributed by atoms with Gasteiger partial charge in [0.05, 0.1) is 6.10 Å². The van der Waals surface area contributed by atoms with Crippen molar-refractivity contribution in [3.63, 3.8) is 0 Å². The molecule has 0 aromatic rings. The Hall–Kier alpha value is -0.560. The standard InChI is InChI=1S/C16H25O/c1-2-5-14-8-10-16(11-9-14)17-13-12-15-6-3-4-7-15/h8-11,15-16H,2-7,12-13H2,1H3. The van der Waals surface area contributed by atoms with Crippen molar-refractivity contribution in [1.82, 2.24) is 0 Å². The molecule has 1 atom stereocenters. The third-order valence-corrected chi connectivity index (χ3v) is 3.85. The van der Waals surface area contributed by atoms with Crippen LogP contribution in [-0.4, -0.2) is 12.7 Å². The van der Waals surface area contributed by atoms with Gasteiger partial charge in [0.15, 0.2) is 0 Å². The summed E-state index contributed by atoms with van der Waals surface area (Å²) in [6, 6.07) is 0. The molecule has 1 saturated carbocycles. The highest BCUT2D eigenvalue weighted by Gasteiger charge is 2.15. The molecular formula is C16H25O. The lowest BCUT2D eigenvalue weighted by molar-refractivity contribution is 0.0953. The van der Waals surface area contributed by atoms with E-state index in [0.29, 0.717) is 0 Å². The molecule has 0 aromatic carbocycles. The van der Waals surface area contributed by atoms with Crippen molar-refractivity contribution >= 4 is 0 Å². The van der Waals surface area contributed by atoms with E-state index in [1.54, 1.807) is 0 Å². The number of ether oxygens (including phenoxy) is 1. The van der Waals surface area contributed by atoms with Crippen molar-refractivity contribution in [2.24, 2.45) is 5.92 Å². The Labute approximate surface area is 106 Å². The van der Waals surface area contributed by atoms with Gasteiger partial charge in [-0.2, -0.15) is 0 Å². The van der Waals surface area contributed by atoms with Crippen LogP contribution < -0.4 is 0 Å². The van der Waals surface area contributed by atoms with Crippen LogP contribution in [0.1, 0.15) is 51.9 Å². The average molecular weight is 233 g/mol. The summed E-state index contributed by atoms with van der Waals surface area (Å²) in [5.74, 6) is 0.939. The summed E-state index contributed by atoms with van der Waals surface area (Å²) in [7, 11) is 0. The smallest absolute Gasteiger partial charge is 0.0828 e. The first-order valence-electron chi connectivity index (χ1n) is 7.22. The highest BCUT2D eigenvalue weighted by molar-refractivity contribution is 5.30. The molecule has 2 aliphatic rings. The van der Waals surface area contributed by atoms with E-state index in [9.17, 15) is 0 Å². The largest absolute Gasteiger partial charge is 0.373 e. The molecule has 1 radical (unpaired) electrons. The van der Waals surface area contributed by atoms with Crippen molar-refractivity contribution < 1.29 is 4.74 Å². The quantitative estimate of drug-likeness (QED) is 0.658. The molecule has 0 N–H and O–H groups in total. The molecule has 95 valence electrons. The lowest BCUT2D eigenvalue weighted by Gasteiger charge is -2.18. The van der Waals surface area contributed by atoms with E-state index in [-0.39, 0.29) is 6.10 Å². The van der Waals surface area contributed by atoms with Crippen LogP contribution in [0.2, 0.25) is 0 Å². The molecule has 0 spiro atoms. The summed E-state index contributed by atoms with van der Waals surface area (Å²) in [5.41, 5.74) is 1.43. The van der Waals surface area contributed by atoms with Crippen LogP contribution in [0, 0.1) is 12.3 Å². The summed E-state index contributed by atoms with van der Waals surface area (Å²) in [6.07, 6.45) is 18.4. The van der Waals surface area contributed by atoms with Crippen molar-refractivity contribution in [3.05, 3.63) is 30.2 Å². The van der Waals surface area contributed by atoms with E-state index in [4.69, 9.17) is 4.74 Å². The molecule has 0 saturated heterocycles. The first-order valence-corrected chi connectivity index (χ1v) is 7.22. The second kappa shape index (κ2) is 7.00. The zero-order valence-electron chi connectivity index (χ0n) is 11.0. The van der Waals surface area contributed by atoms with Crippen LogP contribution in [-0.2, 0) is 4.74 Å². The first-order chi connectivity index (χ1) is 8.38. The van der Waals surface area contributed by atoms with Crippen LogP contribution in [0.3, 0.4) is 0 Å². The fraction of sp³-hybridized carbons (Fsp3) is 0.688. The molecule has 0 amide bonds. The SMILES string of the molecule is CCCC1=C[CH]C(OCCC2CCCC2)C=C1. The molecular weight excluding hydrogens is 208 g/mol. The maximum atomic E-state index is 5.88. The Morgan fingerprint density at radius 2 is 2.12 bits per heavy atom. The van der Waals surface area contributed by atoms with Gasteiger partial charge in [0.2, 0.25) is 0 Å². The van der Waals surface area contributed by atoms with Crippen LogP contribution in [0.4, 0.5) is 0 Å². The molecule has 0 heterocycles. The highest BCUT2D eigenvalue weighted by atomic mass is 16.5. The highest BCUT2D eigenvalue weighted by Crippen LogP contribution is 2.27. The summed E-state index contributed by atoms with van der Waals surface area (Å²) >= 11 is 0. The Kier molecular flexibility index (Phi) is 5.31. The van der Waals surface area contributed by atoms with Gasteiger partial charge >= 0.3 is 0 Å². The van der Waals surface area contributed by atoms with Crippen molar-refractivity contribution in [3.8, 4) is 0 Å². The predicted octanol–water partition coefficient (Wildman–Crippen LogP) is 4.45. The number of hydrogen-bond donors (Lipinski definition) is 0. The summed E-state index contributed by atoms with van der Waals surface area (Å²) in [5, 5.41) is 0. The predicted molar refractivity (Wildman–Crippen MR) is 72.7 cm³/mol. The molecule has 1 fully saturated rings. The van der Waals surface area contributed by atoms with Gasteiger partial charge in [-0.15, -0.1) is 0 Å². The van der Waals surface area contributed by atoms with Gasteiger partial charge < -0.3 is 4.74 Å². The minimum atomic E-state index is 0.219. The number of rotatable bonds is 6. The van der Waals surface area contributed by atoms with Gasteiger partial charge in [-0.1, -0.05) is 62.8 Å². The molecule has 0 bridgehead atoms. The summed E-state index contributed by atoms with van der Waals surface area (Å²) in [6.45, 7) is 3.14. The van der Waals surface area contributed by atoms with Crippen molar-refractivity contribution in [2.45, 2.75) is 58.0 Å². The monoisotopic (exact) mass is 233 g/mol. The van der Waals surface area contributed by atoms with Gasteiger partial charge in [0, 0.05) is 13.0 Å². The maximum Gasteiger partial charge on any atom is 0.0828 e. The van der Waals surface area contributed by atoms with Crippen LogP contribution in [0.5, 0.6) is 0 Å². The molecule has 2 aliphatic carbocycles. The lowest BCUT2D eigenvalue weighted by Crippen LogP contribution is -2.14. The zero-order chi connectivity index (χ0) is 11.9. The van der Waals surface area contributed by atoms with Crippen LogP contribution in [0.15, 0.2) is 23.8 Å². The minimum Gasteiger partial charge on any atom is -0.373 e. The van der Waals surface area contributed by atoms with E-state index >= 15 is 0 Å². The van der Waals surface area contributed by atoms with Crippen molar-refractivity contribution in [2.75, 3.05) is 6.61 Å². The molecule has 0 aliphatic heterocycles. The third kappa shape index (κ3) is 4.31. The maximum absolute atomic E-state index is 5.88. The van der Waals surface area contributed by atoms with Gasteiger partial charge in [0.25, 0.3) is 0 Å². The Morgan fingerprint density at radius 3 is 2.76 bits per heavy atom. The van der Waals surface area contributed by atoms with E-state index in [0.717, 1.165) is 12.5 Å². The van der Waals surface area contributed by atoms with Gasteiger partial charge in [0.1, 0.15) is 0 Å². The molecule has 1 heteroatoms. The first kappa shape index (κ1) is 12.9. The normalized spacial score (nSPS) is 25.2. The van der Waals surface area contributed by atoms with E-state index in [1.165, 1.54) is 50.5 Å². The molecule has 1 unspecified atom stereocenters. The van der Waals surface area contributed by atoms with Gasteiger partial charge in [-0.25, -0.2) is 0 Å². The second-order valence-electron chi connectivity index (χ2n) is 5.32. The number of allylic oxidation sites excluding steroid dienone is 2. The van der Waals surface area contributed by atoms with E-state index in [2.05, 4.69) is 31.6 Å². The summed E-state index contributed by atoms with van der Waals surface area (Å²) < 4.78 is 5.88. The fourth-order valence-electron chi connectivity index (χ4n) is 2.79. The molecule has 17 heavy (non-hydrogen) atoms. The Balaban J connectivity index is 1.60. The minimum absolute atomic E-state index is 0.219. The molecule has 0 aromatic heterocycles. The Morgan fingerprint density at radius 1 is 1.29 bits per heavy atom. The number of hydrogen-bond acceptors (Lipinski definition) is 1.